The molecule has 0 saturated heterocycles. The number of carbonyl (C=O) groups is 2. The minimum atomic E-state index is -0.389. The van der Waals surface area contributed by atoms with E-state index < -0.39 is 0 Å². The van der Waals surface area contributed by atoms with E-state index in [0.717, 1.165) is 5.69 Å². The zero-order chi connectivity index (χ0) is 20.1. The van der Waals surface area contributed by atoms with Gasteiger partial charge in [-0.25, -0.2) is 0 Å². The van der Waals surface area contributed by atoms with Crippen molar-refractivity contribution in [3.8, 4) is 5.75 Å². The van der Waals surface area contributed by atoms with Crippen LogP contribution in [0.4, 0.5) is 5.82 Å². The maximum absolute atomic E-state index is 12.3. The monoisotopic (exact) mass is 382 g/mol. The van der Waals surface area contributed by atoms with Crippen molar-refractivity contribution < 1.29 is 18.7 Å². The van der Waals surface area contributed by atoms with Gasteiger partial charge in [0.05, 0.1) is 5.69 Å². The third kappa shape index (κ3) is 5.08. The van der Waals surface area contributed by atoms with Crippen molar-refractivity contribution in [2.75, 3.05) is 19.4 Å². The van der Waals surface area contributed by atoms with Gasteiger partial charge in [-0.1, -0.05) is 0 Å². The van der Waals surface area contributed by atoms with Crippen LogP contribution in [0.15, 0.2) is 46.9 Å². The number of aromatic nitrogens is 2. The van der Waals surface area contributed by atoms with Crippen LogP contribution in [0.3, 0.4) is 0 Å². The zero-order valence-corrected chi connectivity index (χ0v) is 16.0. The molecule has 0 fully saturated rings. The van der Waals surface area contributed by atoms with Crippen molar-refractivity contribution in [1.82, 2.24) is 15.1 Å². The molecular weight excluding hydrogens is 360 g/mol. The first-order valence-corrected chi connectivity index (χ1v) is 8.73. The van der Waals surface area contributed by atoms with Gasteiger partial charge in [-0.3, -0.25) is 14.7 Å². The number of ether oxygens (including phenoxy) is 1. The number of hydrogen-bond acceptors (Lipinski definition) is 6. The Balaban J connectivity index is 1.55. The summed E-state index contributed by atoms with van der Waals surface area (Å²) in [5.41, 5.74) is 1.51. The lowest BCUT2D eigenvalue weighted by Crippen LogP contribution is -2.11. The second-order valence-corrected chi connectivity index (χ2v) is 6.61. The molecule has 0 spiro atoms. The van der Waals surface area contributed by atoms with E-state index in [4.69, 9.17) is 9.15 Å². The Morgan fingerprint density at radius 1 is 1.18 bits per heavy atom. The maximum Gasteiger partial charge on any atom is 0.292 e. The Labute approximate surface area is 162 Å². The molecule has 0 atom stereocenters. The number of Topliss-reactive ketones (excluding diaryl/α,β-unsaturated/α-hetero) is 1. The number of ketones is 1. The number of aromatic amines is 1. The minimum absolute atomic E-state index is 0.000939. The number of amides is 1. The molecule has 0 aliphatic heterocycles. The zero-order valence-electron chi connectivity index (χ0n) is 16.0. The lowest BCUT2D eigenvalue weighted by Gasteiger charge is -2.05. The van der Waals surface area contributed by atoms with Crippen LogP contribution in [0.5, 0.6) is 5.75 Å². The maximum atomic E-state index is 12.3. The van der Waals surface area contributed by atoms with Gasteiger partial charge in [-0.05, 0) is 57.4 Å². The molecule has 2 N–H and O–H groups in total. The summed E-state index contributed by atoms with van der Waals surface area (Å²) >= 11 is 0. The number of nitrogens with one attached hydrogen (secondary N) is 2. The van der Waals surface area contributed by atoms with E-state index in [9.17, 15) is 9.59 Å². The minimum Gasteiger partial charge on any atom is -0.486 e. The largest absolute Gasteiger partial charge is 0.486 e. The topological polar surface area (TPSA) is 100 Å². The average Bonchev–Trinajstić information content (AvgIpc) is 3.29. The quantitative estimate of drug-likeness (QED) is 0.581. The standard InChI is InChI=1S/C20H22N4O4/c1-13(25)14-4-6-16(7-5-14)27-12-17-8-9-18(28-17)20(26)21-19-10-15(22-23-19)11-24(2)3/h4-10H,11-12H2,1-3H3,(H2,21,22,23,26). The van der Waals surface area contributed by atoms with Crippen molar-refractivity contribution >= 4 is 17.5 Å². The van der Waals surface area contributed by atoms with Crippen LogP contribution in [0.1, 0.15) is 39.3 Å². The molecule has 1 amide bonds. The number of carbonyl (C=O) groups excluding carboxylic acids is 2. The molecule has 2 aromatic heterocycles. The summed E-state index contributed by atoms with van der Waals surface area (Å²) in [6.07, 6.45) is 0. The summed E-state index contributed by atoms with van der Waals surface area (Å²) in [4.78, 5) is 25.6. The van der Waals surface area contributed by atoms with Crippen LogP contribution in [-0.4, -0.2) is 40.9 Å². The first-order valence-electron chi connectivity index (χ1n) is 8.73. The van der Waals surface area contributed by atoms with E-state index in [1.165, 1.54) is 6.92 Å². The van der Waals surface area contributed by atoms with Crippen LogP contribution < -0.4 is 10.1 Å². The molecule has 0 aliphatic rings. The van der Waals surface area contributed by atoms with Gasteiger partial charge in [0, 0.05) is 18.2 Å². The number of benzene rings is 1. The van der Waals surface area contributed by atoms with Crippen molar-refractivity contribution in [1.29, 1.82) is 0 Å². The first kappa shape index (κ1) is 19.4. The van der Waals surface area contributed by atoms with E-state index in [1.807, 2.05) is 19.0 Å². The van der Waals surface area contributed by atoms with Crippen LogP contribution in [0.25, 0.3) is 0 Å². The summed E-state index contributed by atoms with van der Waals surface area (Å²) < 4.78 is 11.2. The van der Waals surface area contributed by atoms with Crippen molar-refractivity contribution in [2.45, 2.75) is 20.1 Å². The summed E-state index contributed by atoms with van der Waals surface area (Å²) in [6.45, 7) is 2.37. The second kappa shape index (κ2) is 8.53. The Morgan fingerprint density at radius 3 is 2.61 bits per heavy atom. The second-order valence-electron chi connectivity index (χ2n) is 6.61. The first-order chi connectivity index (χ1) is 13.4. The highest BCUT2D eigenvalue weighted by Gasteiger charge is 2.14. The number of hydrogen-bond donors (Lipinski definition) is 2. The number of rotatable bonds is 8. The van der Waals surface area contributed by atoms with Crippen molar-refractivity contribution in [3.63, 3.8) is 0 Å². The highest BCUT2D eigenvalue weighted by atomic mass is 16.5. The van der Waals surface area contributed by atoms with Gasteiger partial charge in [0.1, 0.15) is 18.1 Å². The van der Waals surface area contributed by atoms with Gasteiger partial charge in [-0.2, -0.15) is 5.10 Å². The van der Waals surface area contributed by atoms with Gasteiger partial charge in [0.25, 0.3) is 5.91 Å². The van der Waals surface area contributed by atoms with Gasteiger partial charge in [0.15, 0.2) is 17.4 Å². The molecule has 3 aromatic rings. The SMILES string of the molecule is CC(=O)c1ccc(OCc2ccc(C(=O)Nc3cc(CN(C)C)[nH]n3)o2)cc1. The third-order valence-electron chi connectivity index (χ3n) is 3.89. The number of anilines is 1. The fraction of sp³-hybridized carbons (Fsp3) is 0.250. The van der Waals surface area contributed by atoms with Crippen LogP contribution in [-0.2, 0) is 13.2 Å². The number of H-pyrrole nitrogens is 1. The van der Waals surface area contributed by atoms with E-state index in [0.29, 0.717) is 29.4 Å². The van der Waals surface area contributed by atoms with Crippen molar-refractivity contribution in [3.05, 3.63) is 65.2 Å². The summed E-state index contributed by atoms with van der Waals surface area (Å²) in [6, 6.07) is 11.9. The van der Waals surface area contributed by atoms with Crippen molar-refractivity contribution in [2.24, 2.45) is 0 Å². The molecule has 2 heterocycles. The fourth-order valence-corrected chi connectivity index (χ4v) is 2.54. The van der Waals surface area contributed by atoms with Gasteiger partial charge in [0.2, 0.25) is 0 Å². The average molecular weight is 382 g/mol. The number of nitrogens with zero attached hydrogens (tertiary/aromatic N) is 2. The molecule has 8 heteroatoms. The lowest BCUT2D eigenvalue weighted by atomic mass is 10.1. The van der Waals surface area contributed by atoms with E-state index in [-0.39, 0.29) is 24.1 Å². The Bertz CT molecular complexity index is 957. The molecule has 3 rings (SSSR count). The Kier molecular flexibility index (Phi) is 5.90. The molecular formula is C20H22N4O4. The molecule has 28 heavy (non-hydrogen) atoms. The van der Waals surface area contributed by atoms with Crippen LogP contribution in [0.2, 0.25) is 0 Å². The predicted molar refractivity (Wildman–Crippen MR) is 103 cm³/mol. The van der Waals surface area contributed by atoms with E-state index in [1.54, 1.807) is 42.5 Å². The molecule has 8 nitrogen and oxygen atoms in total. The van der Waals surface area contributed by atoms with Gasteiger partial charge in [-0.15, -0.1) is 0 Å². The smallest absolute Gasteiger partial charge is 0.292 e. The van der Waals surface area contributed by atoms with Gasteiger partial charge >= 0.3 is 0 Å². The van der Waals surface area contributed by atoms with E-state index in [2.05, 4.69) is 15.5 Å². The van der Waals surface area contributed by atoms with E-state index >= 15 is 0 Å². The summed E-state index contributed by atoms with van der Waals surface area (Å²) in [5, 5.41) is 9.62. The number of furan rings is 1. The normalized spacial score (nSPS) is 10.9. The molecule has 0 saturated carbocycles. The van der Waals surface area contributed by atoms with Crippen LogP contribution >= 0.6 is 0 Å². The highest BCUT2D eigenvalue weighted by Crippen LogP contribution is 2.17. The predicted octanol–water partition coefficient (Wildman–Crippen LogP) is 3.10. The Hall–Kier alpha value is -3.39. The molecule has 0 bridgehead atoms. The molecule has 146 valence electrons. The molecule has 0 aliphatic carbocycles. The Morgan fingerprint density at radius 2 is 1.93 bits per heavy atom. The lowest BCUT2D eigenvalue weighted by molar-refractivity contribution is 0.0990. The molecule has 1 aromatic carbocycles. The summed E-state index contributed by atoms with van der Waals surface area (Å²) in [5.74, 6) is 1.33. The van der Waals surface area contributed by atoms with Crippen LogP contribution in [0, 0.1) is 0 Å². The van der Waals surface area contributed by atoms with Gasteiger partial charge < -0.3 is 19.4 Å². The third-order valence-corrected chi connectivity index (χ3v) is 3.89. The summed E-state index contributed by atoms with van der Waals surface area (Å²) in [7, 11) is 3.90. The molecule has 0 unspecified atom stereocenters. The fourth-order valence-electron chi connectivity index (χ4n) is 2.54. The molecule has 0 radical (unpaired) electrons. The highest BCUT2D eigenvalue weighted by molar-refractivity contribution is 6.01.